The zero-order chi connectivity index (χ0) is 20.1. The monoisotopic (exact) mass is 414 g/mol. The first-order chi connectivity index (χ1) is 12.7. The summed E-state index contributed by atoms with van der Waals surface area (Å²) in [5, 5.41) is 0. The third-order valence-electron chi connectivity index (χ3n) is 3.83. The van der Waals surface area contributed by atoms with Crippen molar-refractivity contribution in [1.82, 2.24) is 9.44 Å². The number of benzene rings is 2. The van der Waals surface area contributed by atoms with E-state index in [-0.39, 0.29) is 16.3 Å². The summed E-state index contributed by atoms with van der Waals surface area (Å²) in [5.41, 5.74) is 1.10. The van der Waals surface area contributed by atoms with Crippen molar-refractivity contribution >= 4 is 20.0 Å². The highest BCUT2D eigenvalue weighted by Crippen LogP contribution is 2.15. The SMILES string of the molecule is CCNS(=O)(=O)c1cccc(CC(C)NS(=O)(=O)c2ccc(CF)cc2)c1. The van der Waals surface area contributed by atoms with Crippen molar-refractivity contribution in [1.29, 1.82) is 0 Å². The van der Waals surface area contributed by atoms with Crippen LogP contribution in [0.25, 0.3) is 0 Å². The topological polar surface area (TPSA) is 92.3 Å². The van der Waals surface area contributed by atoms with Gasteiger partial charge in [0.15, 0.2) is 0 Å². The molecule has 0 saturated carbocycles. The first kappa shape index (κ1) is 21.5. The summed E-state index contributed by atoms with van der Waals surface area (Å²) in [7, 11) is -7.33. The van der Waals surface area contributed by atoms with Crippen LogP contribution in [0, 0.1) is 0 Å². The molecule has 1 atom stereocenters. The van der Waals surface area contributed by atoms with E-state index in [1.165, 1.54) is 36.4 Å². The third-order valence-corrected chi connectivity index (χ3v) is 6.98. The highest BCUT2D eigenvalue weighted by Gasteiger charge is 2.19. The van der Waals surface area contributed by atoms with Crippen LogP contribution in [0.2, 0.25) is 0 Å². The Labute approximate surface area is 159 Å². The summed E-state index contributed by atoms with van der Waals surface area (Å²) < 4.78 is 66.6. The van der Waals surface area contributed by atoms with Crippen LogP contribution in [0.5, 0.6) is 0 Å². The molecule has 2 N–H and O–H groups in total. The van der Waals surface area contributed by atoms with E-state index in [0.29, 0.717) is 17.5 Å². The maximum Gasteiger partial charge on any atom is 0.240 e. The second-order valence-corrected chi connectivity index (χ2v) is 9.63. The number of hydrogen-bond donors (Lipinski definition) is 2. The Bertz CT molecular complexity index is 975. The fourth-order valence-corrected chi connectivity index (χ4v) is 4.95. The van der Waals surface area contributed by atoms with E-state index in [1.807, 2.05) is 0 Å². The molecule has 2 rings (SSSR count). The predicted molar refractivity (Wildman–Crippen MR) is 102 cm³/mol. The average molecular weight is 415 g/mol. The van der Waals surface area contributed by atoms with E-state index >= 15 is 0 Å². The molecule has 0 bridgehead atoms. The van der Waals surface area contributed by atoms with Gasteiger partial charge in [0.2, 0.25) is 20.0 Å². The van der Waals surface area contributed by atoms with E-state index in [4.69, 9.17) is 0 Å². The molecule has 148 valence electrons. The molecule has 0 aliphatic carbocycles. The first-order valence-corrected chi connectivity index (χ1v) is 11.4. The fraction of sp³-hybridized carbons (Fsp3) is 0.333. The zero-order valence-electron chi connectivity index (χ0n) is 15.1. The van der Waals surface area contributed by atoms with Crippen molar-refractivity contribution in [2.75, 3.05) is 6.54 Å². The summed E-state index contributed by atoms with van der Waals surface area (Å²) in [5.74, 6) is 0. The van der Waals surface area contributed by atoms with Crippen molar-refractivity contribution < 1.29 is 21.2 Å². The summed E-state index contributed by atoms with van der Waals surface area (Å²) in [6.45, 7) is 3.01. The summed E-state index contributed by atoms with van der Waals surface area (Å²) in [6, 6.07) is 11.5. The minimum absolute atomic E-state index is 0.0509. The first-order valence-electron chi connectivity index (χ1n) is 8.44. The molecule has 0 aliphatic heterocycles. The van der Waals surface area contributed by atoms with Crippen molar-refractivity contribution in [2.24, 2.45) is 0 Å². The largest absolute Gasteiger partial charge is 0.246 e. The van der Waals surface area contributed by atoms with E-state index in [1.54, 1.807) is 26.0 Å². The van der Waals surface area contributed by atoms with Gasteiger partial charge in [-0.1, -0.05) is 31.2 Å². The van der Waals surface area contributed by atoms with Crippen molar-refractivity contribution in [3.63, 3.8) is 0 Å². The molecule has 0 heterocycles. The van der Waals surface area contributed by atoms with Gasteiger partial charge in [-0.2, -0.15) is 0 Å². The molecular weight excluding hydrogens is 391 g/mol. The Balaban J connectivity index is 2.11. The molecule has 0 saturated heterocycles. The molecule has 0 aromatic heterocycles. The number of halogens is 1. The molecule has 1 unspecified atom stereocenters. The fourth-order valence-electron chi connectivity index (χ4n) is 2.60. The van der Waals surface area contributed by atoms with Crippen LogP contribution in [-0.2, 0) is 33.1 Å². The summed E-state index contributed by atoms with van der Waals surface area (Å²) in [6.07, 6.45) is 0.317. The van der Waals surface area contributed by atoms with Gasteiger partial charge in [-0.3, -0.25) is 0 Å². The Hall–Kier alpha value is -1.81. The molecular formula is C18H23FN2O4S2. The Kier molecular flexibility index (Phi) is 7.10. The lowest BCUT2D eigenvalue weighted by Crippen LogP contribution is -2.34. The maximum atomic E-state index is 12.6. The van der Waals surface area contributed by atoms with Gasteiger partial charge in [-0.15, -0.1) is 0 Å². The molecule has 0 fully saturated rings. The van der Waals surface area contributed by atoms with Gasteiger partial charge < -0.3 is 0 Å². The van der Waals surface area contributed by atoms with Crippen LogP contribution in [0.1, 0.15) is 25.0 Å². The third kappa shape index (κ3) is 5.83. The number of hydrogen-bond acceptors (Lipinski definition) is 4. The van der Waals surface area contributed by atoms with E-state index < -0.39 is 32.8 Å². The number of alkyl halides is 1. The lowest BCUT2D eigenvalue weighted by atomic mass is 10.1. The second kappa shape index (κ2) is 8.92. The molecule has 27 heavy (non-hydrogen) atoms. The zero-order valence-corrected chi connectivity index (χ0v) is 16.8. The molecule has 6 nitrogen and oxygen atoms in total. The van der Waals surface area contributed by atoms with Crippen molar-refractivity contribution in [3.8, 4) is 0 Å². The van der Waals surface area contributed by atoms with Gasteiger partial charge in [0, 0.05) is 12.6 Å². The van der Waals surface area contributed by atoms with Gasteiger partial charge >= 0.3 is 0 Å². The van der Waals surface area contributed by atoms with Crippen LogP contribution in [0.4, 0.5) is 4.39 Å². The van der Waals surface area contributed by atoms with E-state index in [0.717, 1.165) is 0 Å². The second-order valence-electron chi connectivity index (χ2n) is 6.15. The smallest absolute Gasteiger partial charge is 0.240 e. The van der Waals surface area contributed by atoms with Crippen LogP contribution in [0.3, 0.4) is 0 Å². The molecule has 0 spiro atoms. The quantitative estimate of drug-likeness (QED) is 0.659. The molecule has 0 radical (unpaired) electrons. The molecule has 0 aliphatic rings. The minimum atomic E-state index is -3.75. The van der Waals surface area contributed by atoms with Crippen molar-refractivity contribution in [3.05, 3.63) is 59.7 Å². The lowest BCUT2D eigenvalue weighted by molar-refractivity contribution is 0.485. The average Bonchev–Trinajstić information content (AvgIpc) is 2.61. The lowest BCUT2D eigenvalue weighted by Gasteiger charge is -2.15. The van der Waals surface area contributed by atoms with Gasteiger partial charge in [0.1, 0.15) is 6.67 Å². The highest BCUT2D eigenvalue weighted by molar-refractivity contribution is 7.89. The highest BCUT2D eigenvalue weighted by atomic mass is 32.2. The summed E-state index contributed by atoms with van der Waals surface area (Å²) >= 11 is 0. The van der Waals surface area contributed by atoms with E-state index in [2.05, 4.69) is 9.44 Å². The molecule has 0 amide bonds. The predicted octanol–water partition coefficient (Wildman–Crippen LogP) is 2.36. The van der Waals surface area contributed by atoms with Gasteiger partial charge in [-0.25, -0.2) is 30.7 Å². The van der Waals surface area contributed by atoms with Crippen LogP contribution in [-0.4, -0.2) is 29.4 Å². The Morgan fingerprint density at radius 3 is 2.19 bits per heavy atom. The summed E-state index contributed by atoms with van der Waals surface area (Å²) in [4.78, 5) is 0.189. The standard InChI is InChI=1S/C18H23FN2O4S2/c1-3-20-26(22,23)18-6-4-5-16(12-18)11-14(2)21-27(24,25)17-9-7-15(13-19)8-10-17/h4-10,12,14,20-21H,3,11,13H2,1-2H3. The van der Waals surface area contributed by atoms with Gasteiger partial charge in [0.05, 0.1) is 9.79 Å². The van der Waals surface area contributed by atoms with Crippen LogP contribution < -0.4 is 9.44 Å². The normalized spacial score (nSPS) is 13.4. The Morgan fingerprint density at radius 1 is 0.926 bits per heavy atom. The molecule has 9 heteroatoms. The van der Waals surface area contributed by atoms with Gasteiger partial charge in [0.25, 0.3) is 0 Å². The number of sulfonamides is 2. The van der Waals surface area contributed by atoms with Gasteiger partial charge in [-0.05, 0) is 48.7 Å². The molecule has 2 aromatic rings. The van der Waals surface area contributed by atoms with Crippen LogP contribution in [0.15, 0.2) is 58.3 Å². The minimum Gasteiger partial charge on any atom is -0.246 e. The van der Waals surface area contributed by atoms with Crippen LogP contribution >= 0.6 is 0 Å². The van der Waals surface area contributed by atoms with Crippen molar-refractivity contribution in [2.45, 2.75) is 42.8 Å². The molecule has 2 aromatic carbocycles. The number of nitrogens with one attached hydrogen (secondary N) is 2. The van der Waals surface area contributed by atoms with E-state index in [9.17, 15) is 21.2 Å². The Morgan fingerprint density at radius 2 is 1.59 bits per heavy atom. The maximum absolute atomic E-state index is 12.6. The number of rotatable bonds is 9.